The Morgan fingerprint density at radius 2 is 2.16 bits per heavy atom. The first-order valence-corrected chi connectivity index (χ1v) is 7.19. The van der Waals surface area contributed by atoms with Gasteiger partial charge in [0.2, 0.25) is 5.91 Å². The maximum absolute atomic E-state index is 11.9. The Morgan fingerprint density at radius 3 is 2.95 bits per heavy atom. The zero-order valence-corrected chi connectivity index (χ0v) is 11.2. The largest absolute Gasteiger partial charge is 0.310 e. The molecular formula is C15H21N3O. The Bertz CT molecular complexity index is 454. The summed E-state index contributed by atoms with van der Waals surface area (Å²) in [5.74, 6) is 0.167. The molecule has 19 heavy (non-hydrogen) atoms. The predicted molar refractivity (Wildman–Crippen MR) is 76.3 cm³/mol. The molecule has 0 bridgehead atoms. The van der Waals surface area contributed by atoms with Crippen LogP contribution < -0.4 is 15.5 Å². The number of anilines is 1. The molecule has 2 aliphatic heterocycles. The van der Waals surface area contributed by atoms with Gasteiger partial charge in [0.25, 0.3) is 0 Å². The Labute approximate surface area is 114 Å². The first kappa shape index (κ1) is 12.6. The Kier molecular flexibility index (Phi) is 3.80. The van der Waals surface area contributed by atoms with Crippen molar-refractivity contribution in [3.8, 4) is 0 Å². The summed E-state index contributed by atoms with van der Waals surface area (Å²) in [4.78, 5) is 13.8. The molecule has 1 unspecified atom stereocenters. The van der Waals surface area contributed by atoms with E-state index in [0.717, 1.165) is 25.3 Å². The van der Waals surface area contributed by atoms with E-state index in [1.807, 2.05) is 11.0 Å². The van der Waals surface area contributed by atoms with Gasteiger partial charge in [0.05, 0.1) is 6.54 Å². The van der Waals surface area contributed by atoms with Gasteiger partial charge in [0, 0.05) is 24.8 Å². The summed E-state index contributed by atoms with van der Waals surface area (Å²) in [6.45, 7) is 3.19. The second-order valence-electron chi connectivity index (χ2n) is 5.32. The first-order chi connectivity index (χ1) is 9.34. The van der Waals surface area contributed by atoms with Crippen molar-refractivity contribution in [3.05, 3.63) is 29.8 Å². The zero-order chi connectivity index (χ0) is 13.1. The van der Waals surface area contributed by atoms with Crippen LogP contribution in [-0.4, -0.2) is 32.1 Å². The summed E-state index contributed by atoms with van der Waals surface area (Å²) in [6, 6.07) is 8.89. The fourth-order valence-corrected chi connectivity index (χ4v) is 2.93. The number of benzene rings is 1. The molecule has 0 saturated carbocycles. The fraction of sp³-hybridized carbons (Fsp3) is 0.533. The van der Waals surface area contributed by atoms with Crippen molar-refractivity contribution in [3.63, 3.8) is 0 Å². The summed E-state index contributed by atoms with van der Waals surface area (Å²) in [6.07, 6.45) is 3.75. The summed E-state index contributed by atoms with van der Waals surface area (Å²) in [5, 5.41) is 6.67. The molecular weight excluding hydrogens is 238 g/mol. The predicted octanol–water partition coefficient (Wildman–Crippen LogP) is 1.44. The minimum atomic E-state index is 0.167. The molecule has 0 aromatic heterocycles. The SMILES string of the molecule is O=C1CNCCN1c1cccc(C2CCCCN2)c1. The molecule has 0 spiro atoms. The molecule has 4 nitrogen and oxygen atoms in total. The van der Waals surface area contributed by atoms with Crippen LogP contribution in [0.2, 0.25) is 0 Å². The van der Waals surface area contributed by atoms with E-state index >= 15 is 0 Å². The standard InChI is InChI=1S/C15H21N3O/c19-15-11-16-8-9-18(15)13-5-3-4-12(10-13)14-6-1-2-7-17-14/h3-5,10,14,16-17H,1-2,6-9,11H2. The summed E-state index contributed by atoms with van der Waals surface area (Å²) in [5.41, 5.74) is 2.35. The van der Waals surface area contributed by atoms with E-state index in [-0.39, 0.29) is 5.91 Å². The number of hydrogen-bond acceptors (Lipinski definition) is 3. The lowest BCUT2D eigenvalue weighted by atomic mass is 9.97. The van der Waals surface area contributed by atoms with Gasteiger partial charge in [0.15, 0.2) is 0 Å². The van der Waals surface area contributed by atoms with Gasteiger partial charge in [-0.3, -0.25) is 4.79 Å². The van der Waals surface area contributed by atoms with E-state index < -0.39 is 0 Å². The number of carbonyl (C=O) groups excluding carboxylic acids is 1. The summed E-state index contributed by atoms with van der Waals surface area (Å²) < 4.78 is 0. The molecule has 1 atom stereocenters. The molecule has 2 aliphatic rings. The van der Waals surface area contributed by atoms with Gasteiger partial charge < -0.3 is 15.5 Å². The number of piperazine rings is 1. The average Bonchev–Trinajstić information content (AvgIpc) is 2.49. The molecule has 1 aromatic carbocycles. The van der Waals surface area contributed by atoms with E-state index in [1.165, 1.54) is 24.8 Å². The van der Waals surface area contributed by atoms with E-state index in [2.05, 4.69) is 28.8 Å². The zero-order valence-electron chi connectivity index (χ0n) is 11.2. The Hall–Kier alpha value is -1.39. The quantitative estimate of drug-likeness (QED) is 0.844. The monoisotopic (exact) mass is 259 g/mol. The van der Waals surface area contributed by atoms with Gasteiger partial charge in [-0.15, -0.1) is 0 Å². The molecule has 102 valence electrons. The highest BCUT2D eigenvalue weighted by molar-refractivity contribution is 5.95. The molecule has 1 amide bonds. The van der Waals surface area contributed by atoms with Crippen LogP contribution in [0.15, 0.2) is 24.3 Å². The Morgan fingerprint density at radius 1 is 1.21 bits per heavy atom. The Balaban J connectivity index is 1.80. The minimum Gasteiger partial charge on any atom is -0.310 e. The van der Waals surface area contributed by atoms with E-state index in [9.17, 15) is 4.79 Å². The molecule has 2 fully saturated rings. The van der Waals surface area contributed by atoms with Crippen molar-refractivity contribution >= 4 is 11.6 Å². The van der Waals surface area contributed by atoms with Gasteiger partial charge in [-0.2, -0.15) is 0 Å². The van der Waals surface area contributed by atoms with Crippen molar-refractivity contribution in [2.75, 3.05) is 31.1 Å². The number of carbonyl (C=O) groups is 1. The van der Waals surface area contributed by atoms with Crippen LogP contribution in [0, 0.1) is 0 Å². The van der Waals surface area contributed by atoms with Gasteiger partial charge in [-0.05, 0) is 37.1 Å². The van der Waals surface area contributed by atoms with Crippen LogP contribution in [0.5, 0.6) is 0 Å². The number of amides is 1. The van der Waals surface area contributed by atoms with E-state index in [1.54, 1.807) is 0 Å². The van der Waals surface area contributed by atoms with Crippen LogP contribution in [0.25, 0.3) is 0 Å². The maximum atomic E-state index is 11.9. The first-order valence-electron chi connectivity index (χ1n) is 7.19. The molecule has 4 heteroatoms. The molecule has 2 N–H and O–H groups in total. The van der Waals surface area contributed by atoms with E-state index in [0.29, 0.717) is 12.6 Å². The second-order valence-corrected chi connectivity index (χ2v) is 5.32. The second kappa shape index (κ2) is 5.72. The summed E-state index contributed by atoms with van der Waals surface area (Å²) >= 11 is 0. The molecule has 1 aromatic rings. The van der Waals surface area contributed by atoms with Crippen LogP contribution in [0.3, 0.4) is 0 Å². The maximum Gasteiger partial charge on any atom is 0.240 e. The number of nitrogens with one attached hydrogen (secondary N) is 2. The molecule has 2 saturated heterocycles. The van der Waals surface area contributed by atoms with Gasteiger partial charge >= 0.3 is 0 Å². The van der Waals surface area contributed by atoms with Crippen molar-refractivity contribution in [1.29, 1.82) is 0 Å². The van der Waals surface area contributed by atoms with Gasteiger partial charge in [-0.25, -0.2) is 0 Å². The third kappa shape index (κ3) is 2.80. The third-order valence-corrected chi connectivity index (χ3v) is 3.98. The number of rotatable bonds is 2. The van der Waals surface area contributed by atoms with Crippen molar-refractivity contribution in [2.24, 2.45) is 0 Å². The van der Waals surface area contributed by atoms with E-state index in [4.69, 9.17) is 0 Å². The van der Waals surface area contributed by atoms with Crippen LogP contribution >= 0.6 is 0 Å². The number of piperidine rings is 1. The van der Waals surface area contributed by atoms with Crippen LogP contribution in [0.1, 0.15) is 30.9 Å². The topological polar surface area (TPSA) is 44.4 Å². The smallest absolute Gasteiger partial charge is 0.240 e. The number of nitrogens with zero attached hydrogens (tertiary/aromatic N) is 1. The van der Waals surface area contributed by atoms with Crippen molar-refractivity contribution in [2.45, 2.75) is 25.3 Å². The highest BCUT2D eigenvalue weighted by Crippen LogP contribution is 2.26. The van der Waals surface area contributed by atoms with Crippen LogP contribution in [-0.2, 0) is 4.79 Å². The summed E-state index contributed by atoms with van der Waals surface area (Å²) in [7, 11) is 0. The minimum absolute atomic E-state index is 0.167. The lowest BCUT2D eigenvalue weighted by molar-refractivity contribution is -0.118. The molecule has 0 aliphatic carbocycles. The third-order valence-electron chi connectivity index (χ3n) is 3.98. The molecule has 0 radical (unpaired) electrons. The lowest BCUT2D eigenvalue weighted by Crippen LogP contribution is -2.48. The number of hydrogen-bond donors (Lipinski definition) is 2. The molecule has 2 heterocycles. The van der Waals surface area contributed by atoms with Gasteiger partial charge in [0.1, 0.15) is 0 Å². The van der Waals surface area contributed by atoms with Crippen molar-refractivity contribution < 1.29 is 4.79 Å². The van der Waals surface area contributed by atoms with Crippen molar-refractivity contribution in [1.82, 2.24) is 10.6 Å². The molecule has 3 rings (SSSR count). The van der Waals surface area contributed by atoms with Gasteiger partial charge in [-0.1, -0.05) is 18.6 Å². The van der Waals surface area contributed by atoms with Crippen LogP contribution in [0.4, 0.5) is 5.69 Å². The average molecular weight is 259 g/mol. The lowest BCUT2D eigenvalue weighted by Gasteiger charge is -2.29. The fourth-order valence-electron chi connectivity index (χ4n) is 2.93. The highest BCUT2D eigenvalue weighted by Gasteiger charge is 2.21. The highest BCUT2D eigenvalue weighted by atomic mass is 16.2. The normalized spacial score (nSPS) is 24.5.